The van der Waals surface area contributed by atoms with Crippen molar-refractivity contribution in [3.63, 3.8) is 0 Å². The van der Waals surface area contributed by atoms with E-state index >= 15 is 0 Å². The summed E-state index contributed by atoms with van der Waals surface area (Å²) in [7, 11) is 4.41. The molecule has 0 N–H and O–H groups in total. The van der Waals surface area contributed by atoms with Gasteiger partial charge in [0.2, 0.25) is 0 Å². The third-order valence-electron chi connectivity index (χ3n) is 4.33. The van der Waals surface area contributed by atoms with Crippen molar-refractivity contribution in [2.75, 3.05) is 21.3 Å². The largest absolute Gasteiger partial charge is 0.496 e. The molecule has 0 amide bonds. The number of hydrogen-bond donors (Lipinski definition) is 0. The highest BCUT2D eigenvalue weighted by molar-refractivity contribution is 6.06. The first-order valence-corrected chi connectivity index (χ1v) is 7.30. The zero-order valence-electron chi connectivity index (χ0n) is 13.3. The van der Waals surface area contributed by atoms with E-state index in [1.54, 1.807) is 32.4 Å². The number of ether oxygens (including phenoxy) is 4. The number of carbonyl (C=O) groups excluding carboxylic acids is 2. The van der Waals surface area contributed by atoms with E-state index in [-0.39, 0.29) is 12.2 Å². The summed E-state index contributed by atoms with van der Waals surface area (Å²) in [5.41, 5.74) is 0.215. The number of ketones is 1. The molecule has 23 heavy (non-hydrogen) atoms. The molecule has 1 atom stereocenters. The Bertz CT molecular complexity index is 705. The van der Waals surface area contributed by atoms with Crippen LogP contribution in [0.15, 0.2) is 17.7 Å². The molecule has 122 valence electrons. The minimum atomic E-state index is -0.964. The second-order valence-electron chi connectivity index (χ2n) is 5.57. The monoisotopic (exact) mass is 318 g/mol. The molecule has 0 aromatic heterocycles. The summed E-state index contributed by atoms with van der Waals surface area (Å²) in [6, 6.07) is 3.46. The van der Waals surface area contributed by atoms with Gasteiger partial charge in [-0.3, -0.25) is 9.59 Å². The number of Topliss-reactive ketones (excluding diaryl/α,β-unsaturated/α-hetero) is 1. The summed E-state index contributed by atoms with van der Waals surface area (Å²) >= 11 is 0. The van der Waals surface area contributed by atoms with Crippen LogP contribution in [0.25, 0.3) is 6.08 Å². The molecule has 3 rings (SSSR count). The predicted molar refractivity (Wildman–Crippen MR) is 81.8 cm³/mol. The number of fused-ring (bicyclic) bond motifs is 2. The second-order valence-corrected chi connectivity index (χ2v) is 5.57. The van der Waals surface area contributed by atoms with Gasteiger partial charge in [-0.05, 0) is 12.5 Å². The van der Waals surface area contributed by atoms with Crippen molar-refractivity contribution >= 4 is 17.8 Å². The van der Waals surface area contributed by atoms with Crippen molar-refractivity contribution < 1.29 is 28.5 Å². The van der Waals surface area contributed by atoms with Gasteiger partial charge in [-0.15, -0.1) is 0 Å². The van der Waals surface area contributed by atoms with Gasteiger partial charge in [0.15, 0.2) is 5.78 Å². The Morgan fingerprint density at radius 1 is 1.26 bits per heavy atom. The van der Waals surface area contributed by atoms with E-state index in [1.165, 1.54) is 7.11 Å². The first-order chi connectivity index (χ1) is 11.0. The molecule has 6 nitrogen and oxygen atoms in total. The summed E-state index contributed by atoms with van der Waals surface area (Å²) in [6.07, 6.45) is 2.55. The van der Waals surface area contributed by atoms with Crippen molar-refractivity contribution in [3.05, 3.63) is 23.3 Å². The van der Waals surface area contributed by atoms with Gasteiger partial charge < -0.3 is 18.9 Å². The molecule has 0 radical (unpaired) electrons. The van der Waals surface area contributed by atoms with Crippen LogP contribution >= 0.6 is 0 Å². The molecule has 1 unspecified atom stereocenters. The Hall–Kier alpha value is -2.50. The van der Waals surface area contributed by atoms with E-state index < -0.39 is 11.6 Å². The predicted octanol–water partition coefficient (Wildman–Crippen LogP) is 2.14. The van der Waals surface area contributed by atoms with Crippen LogP contribution in [0.3, 0.4) is 0 Å². The van der Waals surface area contributed by atoms with Crippen LogP contribution in [0.1, 0.15) is 24.8 Å². The zero-order chi connectivity index (χ0) is 16.6. The van der Waals surface area contributed by atoms with Gasteiger partial charge in [0.25, 0.3) is 0 Å². The van der Waals surface area contributed by atoms with Gasteiger partial charge in [-0.25, -0.2) is 0 Å². The number of rotatable bonds is 4. The fourth-order valence-electron chi connectivity index (χ4n) is 3.13. The number of esters is 1. The van der Waals surface area contributed by atoms with Crippen LogP contribution in [-0.4, -0.2) is 38.7 Å². The number of methoxy groups -OCH3 is 3. The van der Waals surface area contributed by atoms with Crippen molar-refractivity contribution in [3.8, 4) is 17.2 Å². The molecule has 0 saturated heterocycles. The lowest BCUT2D eigenvalue weighted by Gasteiger charge is -2.34. The second kappa shape index (κ2) is 5.61. The standard InChI is InChI=1S/C17H18O6/c1-20-10-6-14(21-2)11-8-12-13(18)4-5-17(12,9-16(19)22-3)23-15(11)7-10/h6-8H,4-5,9H2,1-3H3. The van der Waals surface area contributed by atoms with Crippen molar-refractivity contribution in [2.24, 2.45) is 0 Å². The maximum atomic E-state index is 12.3. The topological polar surface area (TPSA) is 71.1 Å². The molecule has 1 aromatic rings. The fourth-order valence-corrected chi connectivity index (χ4v) is 3.13. The van der Waals surface area contributed by atoms with E-state index in [1.807, 2.05) is 0 Å². The van der Waals surface area contributed by atoms with E-state index in [0.717, 1.165) is 0 Å². The van der Waals surface area contributed by atoms with Gasteiger partial charge in [0.1, 0.15) is 22.8 Å². The van der Waals surface area contributed by atoms with Crippen LogP contribution in [-0.2, 0) is 14.3 Å². The molecule has 1 saturated carbocycles. The minimum Gasteiger partial charge on any atom is -0.496 e. The van der Waals surface area contributed by atoms with Crippen LogP contribution in [0.4, 0.5) is 0 Å². The highest BCUT2D eigenvalue weighted by atomic mass is 16.5. The maximum absolute atomic E-state index is 12.3. The molecule has 0 bridgehead atoms. The van der Waals surface area contributed by atoms with Crippen LogP contribution in [0.2, 0.25) is 0 Å². The highest BCUT2D eigenvalue weighted by Crippen LogP contribution is 2.49. The lowest BCUT2D eigenvalue weighted by atomic mass is 9.88. The molecular formula is C17H18O6. The van der Waals surface area contributed by atoms with E-state index in [0.29, 0.717) is 41.2 Å². The number of benzene rings is 1. The Morgan fingerprint density at radius 2 is 2.04 bits per heavy atom. The Kier molecular flexibility index (Phi) is 3.75. The average Bonchev–Trinajstić information content (AvgIpc) is 2.87. The maximum Gasteiger partial charge on any atom is 0.309 e. The zero-order valence-corrected chi connectivity index (χ0v) is 13.3. The van der Waals surface area contributed by atoms with Crippen LogP contribution < -0.4 is 14.2 Å². The van der Waals surface area contributed by atoms with Gasteiger partial charge in [0, 0.05) is 24.1 Å². The molecular weight excluding hydrogens is 300 g/mol. The van der Waals surface area contributed by atoms with Gasteiger partial charge in [0.05, 0.1) is 33.3 Å². The fraction of sp³-hybridized carbons (Fsp3) is 0.412. The molecule has 0 spiro atoms. The molecule has 1 heterocycles. The lowest BCUT2D eigenvalue weighted by Crippen LogP contribution is -2.40. The highest BCUT2D eigenvalue weighted by Gasteiger charge is 2.50. The van der Waals surface area contributed by atoms with Gasteiger partial charge >= 0.3 is 5.97 Å². The third-order valence-corrected chi connectivity index (χ3v) is 4.33. The first-order valence-electron chi connectivity index (χ1n) is 7.30. The quantitative estimate of drug-likeness (QED) is 0.792. The summed E-state index contributed by atoms with van der Waals surface area (Å²) in [6.45, 7) is 0. The summed E-state index contributed by atoms with van der Waals surface area (Å²) in [5, 5.41) is 0. The molecule has 1 aromatic carbocycles. The summed E-state index contributed by atoms with van der Waals surface area (Å²) < 4.78 is 21.5. The summed E-state index contributed by atoms with van der Waals surface area (Å²) in [4.78, 5) is 24.0. The number of hydrogen-bond acceptors (Lipinski definition) is 6. The van der Waals surface area contributed by atoms with E-state index in [9.17, 15) is 9.59 Å². The van der Waals surface area contributed by atoms with Crippen LogP contribution in [0.5, 0.6) is 17.2 Å². The van der Waals surface area contributed by atoms with Crippen molar-refractivity contribution in [2.45, 2.75) is 24.9 Å². The smallest absolute Gasteiger partial charge is 0.309 e. The lowest BCUT2D eigenvalue weighted by molar-refractivity contribution is -0.144. The molecule has 2 aliphatic rings. The van der Waals surface area contributed by atoms with Crippen molar-refractivity contribution in [1.82, 2.24) is 0 Å². The number of carbonyl (C=O) groups is 2. The van der Waals surface area contributed by atoms with Crippen LogP contribution in [0, 0.1) is 0 Å². The summed E-state index contributed by atoms with van der Waals surface area (Å²) in [5.74, 6) is 1.23. The SMILES string of the molecule is COC(=O)CC12CCC(=O)C1=Cc1c(OC)cc(OC)cc1O2. The normalized spacial score (nSPS) is 21.7. The van der Waals surface area contributed by atoms with E-state index in [2.05, 4.69) is 0 Å². The van der Waals surface area contributed by atoms with Gasteiger partial charge in [-0.1, -0.05) is 0 Å². The Morgan fingerprint density at radius 3 is 2.70 bits per heavy atom. The minimum absolute atomic E-state index is 0.0000383. The molecule has 1 aliphatic heterocycles. The molecule has 1 aliphatic carbocycles. The van der Waals surface area contributed by atoms with Gasteiger partial charge in [-0.2, -0.15) is 0 Å². The molecule has 1 fully saturated rings. The third kappa shape index (κ3) is 2.44. The Labute approximate surface area is 134 Å². The Balaban J connectivity index is 2.12. The molecule has 6 heteroatoms. The van der Waals surface area contributed by atoms with E-state index in [4.69, 9.17) is 18.9 Å². The van der Waals surface area contributed by atoms with Crippen molar-refractivity contribution in [1.29, 1.82) is 0 Å². The average molecular weight is 318 g/mol. The first kappa shape index (κ1) is 15.4.